The second-order valence-corrected chi connectivity index (χ2v) is 6.07. The van der Waals surface area contributed by atoms with Gasteiger partial charge in [0.25, 0.3) is 0 Å². The Morgan fingerprint density at radius 1 is 1.52 bits per heavy atom. The molecule has 2 amide bonds. The summed E-state index contributed by atoms with van der Waals surface area (Å²) in [5.74, 6) is 0.596. The Labute approximate surface area is 136 Å². The van der Waals surface area contributed by atoms with Gasteiger partial charge in [0.2, 0.25) is 11.8 Å². The SMILES string of the molecule is CC(C)=CCN1CCNC(=O)[C@@H]1CC(=O)N(C)Cc1ncc[nH]1. The van der Waals surface area contributed by atoms with Crippen LogP contribution in [0.25, 0.3) is 0 Å². The first-order chi connectivity index (χ1) is 11.0. The number of carbonyl (C=O) groups excluding carboxylic acids is 2. The van der Waals surface area contributed by atoms with Gasteiger partial charge in [-0.2, -0.15) is 0 Å². The van der Waals surface area contributed by atoms with Crippen molar-refractivity contribution < 1.29 is 9.59 Å². The summed E-state index contributed by atoms with van der Waals surface area (Å²) in [6.45, 7) is 6.55. The minimum absolute atomic E-state index is 0.0642. The van der Waals surface area contributed by atoms with Crippen molar-refractivity contribution in [3.63, 3.8) is 0 Å². The Morgan fingerprint density at radius 3 is 2.96 bits per heavy atom. The zero-order valence-corrected chi connectivity index (χ0v) is 14.0. The van der Waals surface area contributed by atoms with Crippen LogP contribution in [0.5, 0.6) is 0 Å². The third-order valence-electron chi connectivity index (χ3n) is 3.91. The molecule has 1 fully saturated rings. The van der Waals surface area contributed by atoms with Gasteiger partial charge in [0.1, 0.15) is 5.82 Å². The van der Waals surface area contributed by atoms with E-state index in [1.54, 1.807) is 24.3 Å². The molecule has 1 aliphatic rings. The Hall–Kier alpha value is -2.15. The van der Waals surface area contributed by atoms with E-state index in [9.17, 15) is 9.59 Å². The topological polar surface area (TPSA) is 81.3 Å². The maximum Gasteiger partial charge on any atom is 0.237 e. The molecule has 0 aromatic carbocycles. The minimum Gasteiger partial charge on any atom is -0.353 e. The highest BCUT2D eigenvalue weighted by Gasteiger charge is 2.31. The Bertz CT molecular complexity index is 563. The molecule has 1 aromatic heterocycles. The smallest absolute Gasteiger partial charge is 0.237 e. The monoisotopic (exact) mass is 319 g/mol. The second kappa shape index (κ2) is 7.92. The predicted molar refractivity (Wildman–Crippen MR) is 87.5 cm³/mol. The van der Waals surface area contributed by atoms with E-state index in [0.717, 1.165) is 12.4 Å². The van der Waals surface area contributed by atoms with Crippen LogP contribution < -0.4 is 5.32 Å². The van der Waals surface area contributed by atoms with Crippen molar-refractivity contribution in [2.45, 2.75) is 32.9 Å². The Morgan fingerprint density at radius 2 is 2.30 bits per heavy atom. The molecular weight excluding hydrogens is 294 g/mol. The largest absolute Gasteiger partial charge is 0.353 e. The zero-order valence-electron chi connectivity index (χ0n) is 14.0. The van der Waals surface area contributed by atoms with Crippen LogP contribution in [0.4, 0.5) is 0 Å². The van der Waals surface area contributed by atoms with Crippen molar-refractivity contribution in [1.29, 1.82) is 0 Å². The lowest BCUT2D eigenvalue weighted by atomic mass is 10.1. The summed E-state index contributed by atoms with van der Waals surface area (Å²) in [7, 11) is 1.73. The molecule has 0 radical (unpaired) electrons. The van der Waals surface area contributed by atoms with Gasteiger partial charge in [-0.05, 0) is 13.8 Å². The fraction of sp³-hybridized carbons (Fsp3) is 0.562. The van der Waals surface area contributed by atoms with Gasteiger partial charge < -0.3 is 15.2 Å². The lowest BCUT2D eigenvalue weighted by molar-refractivity contribution is -0.138. The standard InChI is InChI=1S/C16H25N5O2/c1-12(2)4-8-21-9-7-19-16(23)13(21)10-15(22)20(3)11-14-17-5-6-18-14/h4-6,13H,7-11H2,1-3H3,(H,17,18)(H,19,23)/t13-/m0/s1. The molecular formula is C16H25N5O2. The molecule has 2 N–H and O–H groups in total. The average molecular weight is 319 g/mol. The van der Waals surface area contributed by atoms with Gasteiger partial charge in [-0.25, -0.2) is 4.98 Å². The maximum absolute atomic E-state index is 12.4. The number of allylic oxidation sites excluding steroid dienone is 1. The van der Waals surface area contributed by atoms with Crippen LogP contribution in [0, 0.1) is 0 Å². The van der Waals surface area contributed by atoms with Crippen LogP contribution in [0.2, 0.25) is 0 Å². The number of aromatic nitrogens is 2. The highest BCUT2D eigenvalue weighted by molar-refractivity contribution is 5.88. The van der Waals surface area contributed by atoms with Crippen LogP contribution in [0.1, 0.15) is 26.1 Å². The summed E-state index contributed by atoms with van der Waals surface area (Å²) >= 11 is 0. The molecule has 23 heavy (non-hydrogen) atoms. The molecule has 7 nitrogen and oxygen atoms in total. The molecule has 0 aliphatic carbocycles. The number of amides is 2. The van der Waals surface area contributed by atoms with Crippen LogP contribution in [-0.2, 0) is 16.1 Å². The van der Waals surface area contributed by atoms with Crippen LogP contribution in [-0.4, -0.2) is 64.3 Å². The van der Waals surface area contributed by atoms with Gasteiger partial charge in [-0.15, -0.1) is 0 Å². The van der Waals surface area contributed by atoms with Crippen molar-refractivity contribution in [2.75, 3.05) is 26.7 Å². The number of H-pyrrole nitrogens is 1. The highest BCUT2D eigenvalue weighted by atomic mass is 16.2. The minimum atomic E-state index is -0.411. The van der Waals surface area contributed by atoms with Crippen LogP contribution >= 0.6 is 0 Å². The molecule has 1 saturated heterocycles. The predicted octanol–water partition coefficient (Wildman–Crippen LogP) is 0.525. The van der Waals surface area contributed by atoms with Gasteiger partial charge in [-0.1, -0.05) is 11.6 Å². The molecule has 0 spiro atoms. The molecule has 0 unspecified atom stereocenters. The van der Waals surface area contributed by atoms with Gasteiger partial charge in [-0.3, -0.25) is 14.5 Å². The maximum atomic E-state index is 12.4. The third-order valence-corrected chi connectivity index (χ3v) is 3.91. The van der Waals surface area contributed by atoms with E-state index in [1.165, 1.54) is 5.57 Å². The molecule has 1 atom stereocenters. The molecule has 2 heterocycles. The fourth-order valence-corrected chi connectivity index (χ4v) is 2.52. The van der Waals surface area contributed by atoms with E-state index in [2.05, 4.69) is 26.3 Å². The number of nitrogens with zero attached hydrogens (tertiary/aromatic N) is 3. The number of piperazine rings is 1. The lowest BCUT2D eigenvalue weighted by Crippen LogP contribution is -2.56. The van der Waals surface area contributed by atoms with E-state index in [0.29, 0.717) is 19.6 Å². The fourth-order valence-electron chi connectivity index (χ4n) is 2.52. The molecule has 7 heteroatoms. The lowest BCUT2D eigenvalue weighted by Gasteiger charge is -2.34. The number of rotatable bonds is 6. The number of carbonyl (C=O) groups is 2. The summed E-state index contributed by atoms with van der Waals surface area (Å²) in [6.07, 6.45) is 5.65. The van der Waals surface area contributed by atoms with E-state index >= 15 is 0 Å². The Balaban J connectivity index is 1.97. The van der Waals surface area contributed by atoms with Crippen molar-refractivity contribution in [3.05, 3.63) is 29.9 Å². The highest BCUT2D eigenvalue weighted by Crippen LogP contribution is 2.12. The third kappa shape index (κ3) is 4.92. The summed E-state index contributed by atoms with van der Waals surface area (Å²) in [6, 6.07) is -0.411. The number of aromatic amines is 1. The molecule has 1 aliphatic heterocycles. The van der Waals surface area contributed by atoms with Gasteiger partial charge in [0.15, 0.2) is 0 Å². The van der Waals surface area contributed by atoms with E-state index in [1.807, 2.05) is 13.8 Å². The number of imidazole rings is 1. The van der Waals surface area contributed by atoms with E-state index in [4.69, 9.17) is 0 Å². The van der Waals surface area contributed by atoms with Crippen molar-refractivity contribution in [2.24, 2.45) is 0 Å². The summed E-state index contributed by atoms with van der Waals surface area (Å²) in [5.41, 5.74) is 1.20. The number of hydrogen-bond acceptors (Lipinski definition) is 4. The van der Waals surface area contributed by atoms with Crippen molar-refractivity contribution in [3.8, 4) is 0 Å². The molecule has 0 bridgehead atoms. The number of hydrogen-bond donors (Lipinski definition) is 2. The average Bonchev–Trinajstić information content (AvgIpc) is 3.00. The van der Waals surface area contributed by atoms with Gasteiger partial charge in [0.05, 0.1) is 19.0 Å². The van der Waals surface area contributed by atoms with Crippen LogP contribution in [0.3, 0.4) is 0 Å². The number of nitrogens with one attached hydrogen (secondary N) is 2. The Kier molecular flexibility index (Phi) is 5.92. The molecule has 1 aromatic rings. The van der Waals surface area contributed by atoms with Gasteiger partial charge >= 0.3 is 0 Å². The first-order valence-electron chi connectivity index (χ1n) is 7.84. The summed E-state index contributed by atoms with van der Waals surface area (Å²) < 4.78 is 0. The van der Waals surface area contributed by atoms with E-state index in [-0.39, 0.29) is 18.2 Å². The van der Waals surface area contributed by atoms with E-state index < -0.39 is 6.04 Å². The first kappa shape index (κ1) is 17.2. The zero-order chi connectivity index (χ0) is 16.8. The molecule has 2 rings (SSSR count). The van der Waals surface area contributed by atoms with Crippen molar-refractivity contribution >= 4 is 11.8 Å². The summed E-state index contributed by atoms with van der Waals surface area (Å²) in [5, 5.41) is 2.85. The van der Waals surface area contributed by atoms with Gasteiger partial charge in [0, 0.05) is 39.1 Å². The second-order valence-electron chi connectivity index (χ2n) is 6.07. The quantitative estimate of drug-likeness (QED) is 0.749. The molecule has 126 valence electrons. The van der Waals surface area contributed by atoms with Crippen LogP contribution in [0.15, 0.2) is 24.0 Å². The molecule has 0 saturated carbocycles. The summed E-state index contributed by atoms with van der Waals surface area (Å²) in [4.78, 5) is 35.3. The van der Waals surface area contributed by atoms with Crippen molar-refractivity contribution in [1.82, 2.24) is 25.1 Å². The normalized spacial score (nSPS) is 18.4. The first-order valence-corrected chi connectivity index (χ1v) is 7.84.